The summed E-state index contributed by atoms with van der Waals surface area (Å²) in [6.45, 7) is 3.00. The first-order valence-electron chi connectivity index (χ1n) is 3.51. The molecule has 0 amide bonds. The van der Waals surface area contributed by atoms with Gasteiger partial charge in [0.2, 0.25) is 0 Å². The summed E-state index contributed by atoms with van der Waals surface area (Å²) in [6.07, 6.45) is 1.69. The normalized spacial score (nSPS) is 18.0. The van der Waals surface area contributed by atoms with Gasteiger partial charge in [0.05, 0.1) is 5.57 Å². The molecule has 0 heterocycles. The summed E-state index contributed by atoms with van der Waals surface area (Å²) in [5, 5.41) is 0. The van der Waals surface area contributed by atoms with Crippen LogP contribution in [0.1, 0.15) is 13.8 Å². The van der Waals surface area contributed by atoms with Crippen molar-refractivity contribution in [1.82, 2.24) is 0 Å². The van der Waals surface area contributed by atoms with Crippen LogP contribution in [-0.4, -0.2) is 17.9 Å². The standard InChI is InChI=1S/C9H8O3/c1-5-3-8(11)6(2)7(4-10)9(5)12/h3-4H,1-2H3. The molecule has 0 fully saturated rings. The maximum Gasteiger partial charge on any atom is 0.192 e. The summed E-state index contributed by atoms with van der Waals surface area (Å²) < 4.78 is 0. The molecule has 0 aromatic heterocycles. The Kier molecular flexibility index (Phi) is 2.04. The van der Waals surface area contributed by atoms with Gasteiger partial charge >= 0.3 is 0 Å². The molecule has 1 aliphatic carbocycles. The zero-order valence-electron chi connectivity index (χ0n) is 6.88. The second kappa shape index (κ2) is 2.85. The molecule has 0 aromatic carbocycles. The highest BCUT2D eigenvalue weighted by Gasteiger charge is 2.22. The third-order valence-corrected chi connectivity index (χ3v) is 1.84. The van der Waals surface area contributed by atoms with E-state index in [2.05, 4.69) is 0 Å². The lowest BCUT2D eigenvalue weighted by Crippen LogP contribution is -2.17. The predicted molar refractivity (Wildman–Crippen MR) is 42.5 cm³/mol. The first kappa shape index (κ1) is 8.59. The number of allylic oxidation sites excluding steroid dienone is 4. The molecule has 0 bridgehead atoms. The third-order valence-electron chi connectivity index (χ3n) is 1.84. The van der Waals surface area contributed by atoms with E-state index in [1.165, 1.54) is 19.9 Å². The number of Topliss-reactive ketones (excluding diaryl/α,β-unsaturated/α-hetero) is 1. The molecule has 0 spiro atoms. The van der Waals surface area contributed by atoms with Crippen molar-refractivity contribution in [2.24, 2.45) is 0 Å². The van der Waals surface area contributed by atoms with Crippen LogP contribution in [0.3, 0.4) is 0 Å². The Hall–Kier alpha value is -1.51. The van der Waals surface area contributed by atoms with E-state index in [-0.39, 0.29) is 22.7 Å². The highest BCUT2D eigenvalue weighted by molar-refractivity contribution is 6.29. The van der Waals surface area contributed by atoms with Gasteiger partial charge < -0.3 is 0 Å². The average Bonchev–Trinajstić information content (AvgIpc) is 2.02. The third kappa shape index (κ3) is 1.13. The molecule has 1 rings (SSSR count). The van der Waals surface area contributed by atoms with Gasteiger partial charge in [0.25, 0.3) is 0 Å². The molecule has 0 atom stereocenters. The summed E-state index contributed by atoms with van der Waals surface area (Å²) in [5.41, 5.74) is 0.549. The van der Waals surface area contributed by atoms with Crippen molar-refractivity contribution in [2.75, 3.05) is 0 Å². The molecule has 62 valence electrons. The van der Waals surface area contributed by atoms with E-state index < -0.39 is 0 Å². The first-order valence-corrected chi connectivity index (χ1v) is 3.51. The van der Waals surface area contributed by atoms with Crippen molar-refractivity contribution in [3.05, 3.63) is 22.8 Å². The molecule has 0 saturated heterocycles. The van der Waals surface area contributed by atoms with Gasteiger partial charge in [-0.15, -0.1) is 0 Å². The molecule has 0 aliphatic heterocycles. The van der Waals surface area contributed by atoms with Crippen LogP contribution in [0.25, 0.3) is 0 Å². The van der Waals surface area contributed by atoms with E-state index in [9.17, 15) is 14.4 Å². The van der Waals surface area contributed by atoms with Crippen molar-refractivity contribution in [1.29, 1.82) is 0 Å². The number of ketones is 2. The number of aldehydes is 1. The van der Waals surface area contributed by atoms with Gasteiger partial charge in [-0.25, -0.2) is 0 Å². The van der Waals surface area contributed by atoms with Crippen LogP contribution >= 0.6 is 0 Å². The van der Waals surface area contributed by atoms with Crippen LogP contribution < -0.4 is 0 Å². The van der Waals surface area contributed by atoms with Crippen LogP contribution in [0.5, 0.6) is 0 Å². The minimum atomic E-state index is -0.345. The Morgan fingerprint density at radius 3 is 2.33 bits per heavy atom. The van der Waals surface area contributed by atoms with Gasteiger partial charge in [0, 0.05) is 11.1 Å². The Morgan fingerprint density at radius 2 is 1.83 bits per heavy atom. The summed E-state index contributed by atoms with van der Waals surface area (Å²) in [6, 6.07) is 0. The van der Waals surface area contributed by atoms with Gasteiger partial charge in [0.1, 0.15) is 0 Å². The lowest BCUT2D eigenvalue weighted by atomic mass is 9.92. The maximum absolute atomic E-state index is 11.2. The van der Waals surface area contributed by atoms with Crippen LogP contribution in [0.2, 0.25) is 0 Å². The number of carbonyl (C=O) groups is 3. The SMILES string of the molecule is CC1=CC(=O)C(C)=C(C=O)C1=O. The summed E-state index contributed by atoms with van der Waals surface area (Å²) in [4.78, 5) is 32.7. The molecular weight excluding hydrogens is 156 g/mol. The summed E-state index contributed by atoms with van der Waals surface area (Å²) >= 11 is 0. The minimum Gasteiger partial charge on any atom is -0.298 e. The van der Waals surface area contributed by atoms with Crippen molar-refractivity contribution >= 4 is 17.9 Å². The summed E-state index contributed by atoms with van der Waals surface area (Å²) in [7, 11) is 0. The summed E-state index contributed by atoms with van der Waals surface area (Å²) in [5.74, 6) is -0.601. The zero-order valence-corrected chi connectivity index (χ0v) is 6.88. The number of hydrogen-bond acceptors (Lipinski definition) is 3. The van der Waals surface area contributed by atoms with Gasteiger partial charge in [-0.05, 0) is 19.9 Å². The Labute approximate surface area is 69.8 Å². The molecule has 0 radical (unpaired) electrons. The highest BCUT2D eigenvalue weighted by atomic mass is 16.1. The van der Waals surface area contributed by atoms with E-state index in [1.54, 1.807) is 0 Å². The molecule has 12 heavy (non-hydrogen) atoms. The molecule has 0 aromatic rings. The molecule has 0 saturated carbocycles. The molecule has 3 nitrogen and oxygen atoms in total. The molecule has 0 unspecified atom stereocenters. The average molecular weight is 164 g/mol. The Morgan fingerprint density at radius 1 is 1.25 bits per heavy atom. The van der Waals surface area contributed by atoms with E-state index in [0.717, 1.165) is 0 Å². The van der Waals surface area contributed by atoms with Crippen LogP contribution in [0.4, 0.5) is 0 Å². The van der Waals surface area contributed by atoms with Crippen molar-refractivity contribution < 1.29 is 14.4 Å². The number of carbonyl (C=O) groups excluding carboxylic acids is 3. The van der Waals surface area contributed by atoms with E-state index in [0.29, 0.717) is 11.9 Å². The second-order valence-corrected chi connectivity index (χ2v) is 2.68. The van der Waals surface area contributed by atoms with E-state index in [1.807, 2.05) is 0 Å². The Balaban J connectivity index is 3.26. The first-order chi connectivity index (χ1) is 5.57. The molecule has 1 aliphatic rings. The van der Waals surface area contributed by atoms with Crippen molar-refractivity contribution in [3.63, 3.8) is 0 Å². The Bertz CT molecular complexity index is 332. The minimum absolute atomic E-state index is 0.0139. The van der Waals surface area contributed by atoms with Crippen molar-refractivity contribution in [3.8, 4) is 0 Å². The highest BCUT2D eigenvalue weighted by Crippen LogP contribution is 2.16. The van der Waals surface area contributed by atoms with Crippen LogP contribution in [-0.2, 0) is 14.4 Å². The molecule has 0 N–H and O–H groups in total. The monoisotopic (exact) mass is 164 g/mol. The fourth-order valence-corrected chi connectivity index (χ4v) is 1.03. The fourth-order valence-electron chi connectivity index (χ4n) is 1.03. The second-order valence-electron chi connectivity index (χ2n) is 2.68. The smallest absolute Gasteiger partial charge is 0.192 e. The molecular formula is C9H8O3. The maximum atomic E-state index is 11.2. The van der Waals surface area contributed by atoms with Gasteiger partial charge in [-0.2, -0.15) is 0 Å². The lowest BCUT2D eigenvalue weighted by Gasteiger charge is -2.08. The lowest BCUT2D eigenvalue weighted by molar-refractivity contribution is -0.117. The van der Waals surface area contributed by atoms with Crippen LogP contribution in [0.15, 0.2) is 22.8 Å². The van der Waals surface area contributed by atoms with Gasteiger partial charge in [-0.3, -0.25) is 14.4 Å². The number of hydrogen-bond donors (Lipinski definition) is 0. The quantitative estimate of drug-likeness (QED) is 0.324. The van der Waals surface area contributed by atoms with Crippen molar-refractivity contribution in [2.45, 2.75) is 13.8 Å². The topological polar surface area (TPSA) is 51.2 Å². The van der Waals surface area contributed by atoms with Gasteiger partial charge in [0.15, 0.2) is 17.9 Å². The van der Waals surface area contributed by atoms with E-state index >= 15 is 0 Å². The molecule has 3 heteroatoms. The predicted octanol–water partition coefficient (Wildman–Crippen LogP) is 0.600. The van der Waals surface area contributed by atoms with Gasteiger partial charge in [-0.1, -0.05) is 0 Å². The number of rotatable bonds is 1. The van der Waals surface area contributed by atoms with E-state index in [4.69, 9.17) is 0 Å². The largest absolute Gasteiger partial charge is 0.298 e. The fraction of sp³-hybridized carbons (Fsp3) is 0.222. The van der Waals surface area contributed by atoms with Crippen LogP contribution in [0, 0.1) is 0 Å². The zero-order chi connectivity index (χ0) is 9.30.